The molecule has 0 amide bonds. The minimum atomic E-state index is 0.00903. The van der Waals surface area contributed by atoms with Crippen LogP contribution in [0.3, 0.4) is 0 Å². The number of rotatable bonds is 6. The van der Waals surface area contributed by atoms with Crippen molar-refractivity contribution in [2.45, 2.75) is 25.8 Å². The fourth-order valence-electron chi connectivity index (χ4n) is 2.87. The van der Waals surface area contributed by atoms with Crippen LogP contribution in [-0.4, -0.2) is 31.4 Å². The van der Waals surface area contributed by atoms with Gasteiger partial charge in [-0.15, -0.1) is 11.3 Å². The Labute approximate surface area is 160 Å². The predicted octanol–water partition coefficient (Wildman–Crippen LogP) is 3.83. The van der Waals surface area contributed by atoms with Crippen LogP contribution >= 0.6 is 11.3 Å². The van der Waals surface area contributed by atoms with Gasteiger partial charge in [-0.2, -0.15) is 5.10 Å². The van der Waals surface area contributed by atoms with E-state index in [4.69, 9.17) is 10.7 Å². The van der Waals surface area contributed by atoms with E-state index in [1.807, 2.05) is 36.7 Å². The summed E-state index contributed by atoms with van der Waals surface area (Å²) >= 11 is 1.64. The molecule has 0 aromatic carbocycles. The molecule has 0 radical (unpaired) electrons. The second-order valence-corrected chi connectivity index (χ2v) is 7.43. The highest BCUT2D eigenvalue weighted by atomic mass is 32.1. The number of thiophene rings is 1. The second-order valence-electron chi connectivity index (χ2n) is 6.49. The number of fused-ring (bicyclic) bond motifs is 1. The molecule has 0 spiro atoms. The molecule has 4 aromatic rings. The summed E-state index contributed by atoms with van der Waals surface area (Å²) in [5.41, 5.74) is 9.49. The molecular formula is C20H19N5OS. The first-order valence-electron chi connectivity index (χ1n) is 8.75. The van der Waals surface area contributed by atoms with Crippen molar-refractivity contribution in [3.8, 4) is 21.8 Å². The zero-order valence-electron chi connectivity index (χ0n) is 14.9. The standard InChI is InChI=1S/C20H19N5OS/c1-13(21)4-5-18(26)14-6-8-22-17(11-14)15-12-23-25-9-7-16(24-20(15)25)19-3-2-10-27-19/h2-3,6-13H,4-5,21H2,1H3/t13-/m0/s1. The van der Waals surface area contributed by atoms with Gasteiger partial charge in [-0.3, -0.25) is 9.78 Å². The van der Waals surface area contributed by atoms with Gasteiger partial charge in [-0.25, -0.2) is 9.50 Å². The van der Waals surface area contributed by atoms with Crippen LogP contribution in [0.25, 0.3) is 27.5 Å². The van der Waals surface area contributed by atoms with Crippen molar-refractivity contribution in [3.05, 3.63) is 59.9 Å². The highest BCUT2D eigenvalue weighted by Crippen LogP contribution is 2.27. The number of Topliss-reactive ketones (excluding diaryl/α,β-unsaturated/α-hetero) is 1. The van der Waals surface area contributed by atoms with Crippen molar-refractivity contribution < 1.29 is 4.79 Å². The van der Waals surface area contributed by atoms with Gasteiger partial charge < -0.3 is 5.73 Å². The van der Waals surface area contributed by atoms with Crippen LogP contribution in [0, 0.1) is 0 Å². The zero-order valence-corrected chi connectivity index (χ0v) is 15.7. The first-order chi connectivity index (χ1) is 13.1. The number of carbonyl (C=O) groups excluding carboxylic acids is 1. The number of ketones is 1. The van der Waals surface area contributed by atoms with Crippen LogP contribution in [0.4, 0.5) is 0 Å². The van der Waals surface area contributed by atoms with Gasteiger partial charge in [0.05, 0.1) is 28.0 Å². The lowest BCUT2D eigenvalue weighted by atomic mass is 10.0. The van der Waals surface area contributed by atoms with E-state index < -0.39 is 0 Å². The SMILES string of the molecule is C[C@H](N)CCC(=O)c1ccnc(-c2cnn3ccc(-c4cccs4)nc23)c1. The average Bonchev–Trinajstić information content (AvgIpc) is 3.35. The largest absolute Gasteiger partial charge is 0.328 e. The lowest BCUT2D eigenvalue weighted by Gasteiger charge is -2.06. The maximum Gasteiger partial charge on any atom is 0.165 e. The number of pyridine rings is 1. The van der Waals surface area contributed by atoms with Crippen molar-refractivity contribution in [1.82, 2.24) is 19.6 Å². The number of aromatic nitrogens is 4. The first kappa shape index (κ1) is 17.5. The van der Waals surface area contributed by atoms with Crippen molar-refractivity contribution >= 4 is 22.8 Å². The Balaban J connectivity index is 1.71. The van der Waals surface area contributed by atoms with Crippen LogP contribution in [0.5, 0.6) is 0 Å². The topological polar surface area (TPSA) is 86.2 Å². The summed E-state index contributed by atoms with van der Waals surface area (Å²) in [4.78, 5) is 22.7. The van der Waals surface area contributed by atoms with Gasteiger partial charge in [0.1, 0.15) is 0 Å². The second kappa shape index (κ2) is 7.38. The van der Waals surface area contributed by atoms with Crippen LogP contribution in [0.15, 0.2) is 54.3 Å². The Morgan fingerprint density at radius 2 is 2.19 bits per heavy atom. The summed E-state index contributed by atoms with van der Waals surface area (Å²) in [5.74, 6) is 0.0691. The van der Waals surface area contributed by atoms with Crippen LogP contribution < -0.4 is 5.73 Å². The molecule has 4 rings (SSSR count). The number of hydrogen-bond donors (Lipinski definition) is 1. The molecule has 7 heteroatoms. The smallest absolute Gasteiger partial charge is 0.165 e. The van der Waals surface area contributed by atoms with Crippen LogP contribution in [0.2, 0.25) is 0 Å². The Morgan fingerprint density at radius 1 is 1.30 bits per heavy atom. The molecule has 0 bridgehead atoms. The fourth-order valence-corrected chi connectivity index (χ4v) is 3.56. The molecule has 1 atom stereocenters. The number of carbonyl (C=O) groups is 1. The van der Waals surface area contributed by atoms with Crippen molar-refractivity contribution in [2.75, 3.05) is 0 Å². The third-order valence-corrected chi connectivity index (χ3v) is 5.22. The van der Waals surface area contributed by atoms with Crippen molar-refractivity contribution in [2.24, 2.45) is 5.73 Å². The molecule has 4 aromatic heterocycles. The lowest BCUT2D eigenvalue weighted by Crippen LogP contribution is -2.16. The highest BCUT2D eigenvalue weighted by molar-refractivity contribution is 7.13. The monoisotopic (exact) mass is 377 g/mol. The van der Waals surface area contributed by atoms with E-state index in [9.17, 15) is 4.79 Å². The van der Waals surface area contributed by atoms with Crippen molar-refractivity contribution in [1.29, 1.82) is 0 Å². The maximum atomic E-state index is 12.4. The van der Waals surface area contributed by atoms with E-state index in [-0.39, 0.29) is 11.8 Å². The van der Waals surface area contributed by atoms with Gasteiger partial charge in [0.2, 0.25) is 0 Å². The van der Waals surface area contributed by atoms with Gasteiger partial charge in [0.25, 0.3) is 0 Å². The van der Waals surface area contributed by atoms with Gasteiger partial charge in [0, 0.05) is 30.4 Å². The molecule has 0 aliphatic heterocycles. The molecular weight excluding hydrogens is 358 g/mol. The van der Waals surface area contributed by atoms with Gasteiger partial charge in [-0.05, 0) is 43.0 Å². The lowest BCUT2D eigenvalue weighted by molar-refractivity contribution is 0.0978. The summed E-state index contributed by atoms with van der Waals surface area (Å²) in [5, 5.41) is 6.39. The van der Waals surface area contributed by atoms with E-state index >= 15 is 0 Å². The minimum absolute atomic E-state index is 0.00903. The van der Waals surface area contributed by atoms with Gasteiger partial charge in [0.15, 0.2) is 11.4 Å². The molecule has 0 saturated carbocycles. The number of nitrogens with two attached hydrogens (primary N) is 1. The molecule has 27 heavy (non-hydrogen) atoms. The maximum absolute atomic E-state index is 12.4. The van der Waals surface area contributed by atoms with Crippen LogP contribution in [0.1, 0.15) is 30.1 Å². The van der Waals surface area contributed by atoms with E-state index in [1.54, 1.807) is 40.4 Å². The van der Waals surface area contributed by atoms with E-state index in [0.717, 1.165) is 16.1 Å². The molecule has 0 unspecified atom stereocenters. The summed E-state index contributed by atoms with van der Waals surface area (Å²) in [6, 6.07) is 9.53. The average molecular weight is 377 g/mol. The molecule has 136 valence electrons. The molecule has 0 aliphatic rings. The molecule has 0 saturated heterocycles. The normalized spacial score (nSPS) is 12.4. The van der Waals surface area contributed by atoms with Gasteiger partial charge >= 0.3 is 0 Å². The Morgan fingerprint density at radius 3 is 2.96 bits per heavy atom. The third-order valence-electron chi connectivity index (χ3n) is 4.33. The third kappa shape index (κ3) is 3.65. The minimum Gasteiger partial charge on any atom is -0.328 e. The van der Waals surface area contributed by atoms with E-state index in [1.165, 1.54) is 0 Å². The highest BCUT2D eigenvalue weighted by Gasteiger charge is 2.14. The number of hydrogen-bond acceptors (Lipinski definition) is 6. The quantitative estimate of drug-likeness (QED) is 0.516. The Bertz CT molecular complexity index is 1080. The summed E-state index contributed by atoms with van der Waals surface area (Å²) in [6.07, 6.45) is 6.37. The molecule has 0 fully saturated rings. The number of nitrogens with zero attached hydrogens (tertiary/aromatic N) is 4. The zero-order chi connectivity index (χ0) is 18.8. The van der Waals surface area contributed by atoms with E-state index in [2.05, 4.69) is 10.1 Å². The Kier molecular flexibility index (Phi) is 4.79. The molecule has 6 nitrogen and oxygen atoms in total. The van der Waals surface area contributed by atoms with Crippen molar-refractivity contribution in [3.63, 3.8) is 0 Å². The summed E-state index contributed by atoms with van der Waals surface area (Å²) < 4.78 is 1.72. The summed E-state index contributed by atoms with van der Waals surface area (Å²) in [6.45, 7) is 1.90. The van der Waals surface area contributed by atoms with Crippen LogP contribution in [-0.2, 0) is 0 Å². The molecule has 4 heterocycles. The first-order valence-corrected chi connectivity index (χ1v) is 9.63. The summed E-state index contributed by atoms with van der Waals surface area (Å²) in [7, 11) is 0. The van der Waals surface area contributed by atoms with Gasteiger partial charge in [-0.1, -0.05) is 6.07 Å². The fraction of sp³-hybridized carbons (Fsp3) is 0.200. The predicted molar refractivity (Wildman–Crippen MR) is 107 cm³/mol. The molecule has 2 N–H and O–H groups in total. The Hall–Kier alpha value is -2.90. The van der Waals surface area contributed by atoms with E-state index in [0.29, 0.717) is 29.7 Å². The molecule has 0 aliphatic carbocycles.